The monoisotopic (exact) mass is 352 g/mol. The highest BCUT2D eigenvalue weighted by Gasteiger charge is 2.19. The van der Waals surface area contributed by atoms with E-state index < -0.39 is 0 Å². The molecule has 1 aromatic carbocycles. The molecular formula is C20H20N2O2S. The molecule has 0 bridgehead atoms. The van der Waals surface area contributed by atoms with E-state index >= 15 is 0 Å². The number of rotatable bonds is 4. The molecule has 0 saturated carbocycles. The fraction of sp³-hybridized carbons (Fsp3) is 0.300. The van der Waals surface area contributed by atoms with Crippen molar-refractivity contribution in [3.8, 4) is 11.8 Å². The summed E-state index contributed by atoms with van der Waals surface area (Å²) in [7, 11) is 0. The highest BCUT2D eigenvalue weighted by Crippen LogP contribution is 2.21. The zero-order valence-electron chi connectivity index (χ0n) is 14.0. The molecule has 0 spiro atoms. The van der Waals surface area contributed by atoms with Gasteiger partial charge in [0.25, 0.3) is 0 Å². The number of amides is 2. The second-order valence-corrected chi connectivity index (χ2v) is 6.92. The minimum atomic E-state index is -0.0179. The first-order valence-electron chi connectivity index (χ1n) is 8.41. The Hall–Kier alpha value is -2.58. The van der Waals surface area contributed by atoms with Crippen molar-refractivity contribution in [3.05, 3.63) is 52.2 Å². The van der Waals surface area contributed by atoms with E-state index in [1.807, 2.05) is 46.7 Å². The minimum absolute atomic E-state index is 0.0179. The van der Waals surface area contributed by atoms with Crippen LogP contribution in [0.1, 0.15) is 29.7 Å². The normalized spacial score (nSPS) is 13.9. The highest BCUT2D eigenvalue weighted by atomic mass is 32.1. The van der Waals surface area contributed by atoms with Crippen LogP contribution in [0.3, 0.4) is 0 Å². The summed E-state index contributed by atoms with van der Waals surface area (Å²) in [5.74, 6) is 6.17. The van der Waals surface area contributed by atoms with E-state index in [0.29, 0.717) is 19.4 Å². The van der Waals surface area contributed by atoms with Crippen LogP contribution in [0.5, 0.6) is 0 Å². The molecule has 2 heterocycles. The Morgan fingerprint density at radius 3 is 2.76 bits per heavy atom. The van der Waals surface area contributed by atoms with Gasteiger partial charge in [-0.3, -0.25) is 9.59 Å². The molecule has 0 atom stereocenters. The molecule has 0 aliphatic carbocycles. The number of piperidine rings is 1. The second kappa shape index (κ2) is 8.50. The van der Waals surface area contributed by atoms with Gasteiger partial charge in [-0.25, -0.2) is 0 Å². The molecule has 5 heteroatoms. The maximum Gasteiger partial charge on any atom is 0.226 e. The van der Waals surface area contributed by atoms with Crippen LogP contribution < -0.4 is 10.2 Å². The highest BCUT2D eigenvalue weighted by molar-refractivity contribution is 7.10. The summed E-state index contributed by atoms with van der Waals surface area (Å²) in [6.07, 6.45) is 3.07. The maximum atomic E-state index is 11.9. The molecule has 1 fully saturated rings. The van der Waals surface area contributed by atoms with Crippen molar-refractivity contribution in [2.24, 2.45) is 0 Å². The molecule has 25 heavy (non-hydrogen) atoms. The van der Waals surface area contributed by atoms with Gasteiger partial charge in [0, 0.05) is 29.1 Å². The van der Waals surface area contributed by atoms with Crippen molar-refractivity contribution < 1.29 is 9.59 Å². The summed E-state index contributed by atoms with van der Waals surface area (Å²) in [4.78, 5) is 26.6. The van der Waals surface area contributed by atoms with Crippen LogP contribution >= 0.6 is 11.3 Å². The molecule has 128 valence electrons. The summed E-state index contributed by atoms with van der Waals surface area (Å²) in [6, 6.07) is 11.6. The zero-order chi connectivity index (χ0) is 17.5. The smallest absolute Gasteiger partial charge is 0.226 e. The third kappa shape index (κ3) is 4.94. The Labute approximate surface area is 151 Å². The summed E-state index contributed by atoms with van der Waals surface area (Å²) < 4.78 is 0. The molecule has 0 radical (unpaired) electrons. The lowest BCUT2D eigenvalue weighted by Crippen LogP contribution is -2.35. The molecule has 4 nitrogen and oxygen atoms in total. The Morgan fingerprint density at radius 1 is 1.20 bits per heavy atom. The van der Waals surface area contributed by atoms with Crippen LogP contribution in [0.25, 0.3) is 0 Å². The minimum Gasteiger partial charge on any atom is -0.345 e. The third-order valence-electron chi connectivity index (χ3n) is 4.02. The maximum absolute atomic E-state index is 11.9. The number of nitrogens with zero attached hydrogens (tertiary/aromatic N) is 1. The Kier molecular flexibility index (Phi) is 5.86. The van der Waals surface area contributed by atoms with Crippen LogP contribution in [0.15, 0.2) is 41.8 Å². The Bertz CT molecular complexity index is 785. The summed E-state index contributed by atoms with van der Waals surface area (Å²) in [6.45, 7) is 1.12. The largest absolute Gasteiger partial charge is 0.345 e. The van der Waals surface area contributed by atoms with E-state index in [4.69, 9.17) is 0 Å². The van der Waals surface area contributed by atoms with E-state index in [1.165, 1.54) is 0 Å². The molecule has 1 saturated heterocycles. The van der Waals surface area contributed by atoms with Crippen LogP contribution in [-0.4, -0.2) is 24.9 Å². The molecular weight excluding hydrogens is 332 g/mol. The Balaban J connectivity index is 1.49. The van der Waals surface area contributed by atoms with Crippen molar-refractivity contribution in [1.82, 2.24) is 5.32 Å². The number of hydrogen-bond donors (Lipinski definition) is 1. The molecule has 2 aromatic rings. The summed E-state index contributed by atoms with van der Waals surface area (Å²) in [5.41, 5.74) is 1.81. The lowest BCUT2D eigenvalue weighted by molar-refractivity contribution is -0.120. The zero-order valence-corrected chi connectivity index (χ0v) is 14.8. The van der Waals surface area contributed by atoms with Crippen molar-refractivity contribution >= 4 is 28.8 Å². The predicted octanol–water partition coefficient (Wildman–Crippen LogP) is 2.98. The summed E-state index contributed by atoms with van der Waals surface area (Å²) in [5, 5.41) is 4.76. The predicted molar refractivity (Wildman–Crippen MR) is 101 cm³/mol. The van der Waals surface area contributed by atoms with Gasteiger partial charge in [-0.1, -0.05) is 17.9 Å². The first-order valence-corrected chi connectivity index (χ1v) is 9.29. The third-order valence-corrected chi connectivity index (χ3v) is 4.90. The number of benzene rings is 1. The SMILES string of the molecule is O=C(Cc1cccs1)NCC#Cc1ccc(N2CCCCC2=O)cc1. The standard InChI is InChI=1S/C20H20N2O2S/c23-19(15-18-6-4-14-25-18)21-12-3-5-16-8-10-17(11-9-16)22-13-2-1-7-20(22)24/h4,6,8-11,14H,1-2,7,12-13,15H2,(H,21,23). The van der Waals surface area contributed by atoms with Crippen LogP contribution in [0, 0.1) is 11.8 Å². The Morgan fingerprint density at radius 2 is 2.04 bits per heavy atom. The number of nitrogens with one attached hydrogen (secondary N) is 1. The topological polar surface area (TPSA) is 49.4 Å². The van der Waals surface area contributed by atoms with E-state index in [0.717, 1.165) is 35.5 Å². The van der Waals surface area contributed by atoms with Crippen LogP contribution in [0.4, 0.5) is 5.69 Å². The second-order valence-electron chi connectivity index (χ2n) is 5.88. The van der Waals surface area contributed by atoms with Gasteiger partial charge in [0.05, 0.1) is 13.0 Å². The van der Waals surface area contributed by atoms with Crippen molar-refractivity contribution in [3.63, 3.8) is 0 Å². The number of carbonyl (C=O) groups is 2. The lowest BCUT2D eigenvalue weighted by Gasteiger charge is -2.26. The molecule has 0 unspecified atom stereocenters. The van der Waals surface area contributed by atoms with Gasteiger partial charge < -0.3 is 10.2 Å². The van der Waals surface area contributed by atoms with Crippen LogP contribution in [0.2, 0.25) is 0 Å². The van der Waals surface area contributed by atoms with Crippen LogP contribution in [-0.2, 0) is 16.0 Å². The summed E-state index contributed by atoms with van der Waals surface area (Å²) >= 11 is 1.58. The van der Waals surface area contributed by atoms with Gasteiger partial charge in [0.15, 0.2) is 0 Å². The van der Waals surface area contributed by atoms with Gasteiger partial charge in [0.1, 0.15) is 0 Å². The van der Waals surface area contributed by atoms with E-state index in [-0.39, 0.29) is 11.8 Å². The molecule has 1 aliphatic rings. The van der Waals surface area contributed by atoms with Gasteiger partial charge >= 0.3 is 0 Å². The first kappa shape index (κ1) is 17.2. The van der Waals surface area contributed by atoms with E-state index in [2.05, 4.69) is 17.2 Å². The fourth-order valence-corrected chi connectivity index (χ4v) is 3.43. The molecule has 2 amide bonds. The molecule has 1 aliphatic heterocycles. The van der Waals surface area contributed by atoms with Gasteiger partial charge in [-0.2, -0.15) is 0 Å². The van der Waals surface area contributed by atoms with E-state index in [9.17, 15) is 9.59 Å². The number of hydrogen-bond acceptors (Lipinski definition) is 3. The number of anilines is 1. The van der Waals surface area contributed by atoms with Gasteiger partial charge in [-0.15, -0.1) is 11.3 Å². The van der Waals surface area contributed by atoms with Gasteiger partial charge in [0.2, 0.25) is 11.8 Å². The molecule has 3 rings (SSSR count). The average molecular weight is 352 g/mol. The number of carbonyl (C=O) groups excluding carboxylic acids is 2. The quantitative estimate of drug-likeness (QED) is 0.860. The first-order chi connectivity index (χ1) is 12.2. The van der Waals surface area contributed by atoms with Crippen molar-refractivity contribution in [1.29, 1.82) is 0 Å². The van der Waals surface area contributed by atoms with Gasteiger partial charge in [-0.05, 0) is 48.6 Å². The lowest BCUT2D eigenvalue weighted by atomic mass is 10.1. The number of thiophene rings is 1. The molecule has 1 aromatic heterocycles. The fourth-order valence-electron chi connectivity index (χ4n) is 2.73. The van der Waals surface area contributed by atoms with Crippen molar-refractivity contribution in [2.45, 2.75) is 25.7 Å². The van der Waals surface area contributed by atoms with Crippen molar-refractivity contribution in [2.75, 3.05) is 18.0 Å². The average Bonchev–Trinajstić information content (AvgIpc) is 3.13. The molecule has 1 N–H and O–H groups in total. The van der Waals surface area contributed by atoms with E-state index in [1.54, 1.807) is 11.3 Å².